The fourth-order valence-electron chi connectivity index (χ4n) is 1.95. The number of amides is 1. The maximum absolute atomic E-state index is 11.8. The summed E-state index contributed by atoms with van der Waals surface area (Å²) in [5.74, 6) is -1.59. The summed E-state index contributed by atoms with van der Waals surface area (Å²) in [6.45, 7) is 3.16. The standard InChI is InChI=1S/C10H13NO5S2/c1-3-17-7-5(6(13)14)11-8(15)10(16,4(2)12)9(11)18-7/h4,9,12,16H,3H2,1-2H3,(H,13,14)/p-1/t4-,9-,10-/m1/s1. The van der Waals surface area contributed by atoms with Gasteiger partial charge in [-0.25, -0.2) is 0 Å². The maximum Gasteiger partial charge on any atom is 0.266 e. The number of aliphatic hydroxyl groups excluding tert-OH is 1. The summed E-state index contributed by atoms with van der Waals surface area (Å²) in [6.07, 6.45) is -1.26. The molecule has 8 heteroatoms. The number of nitrogens with zero attached hydrogens (tertiary/aromatic N) is 1. The van der Waals surface area contributed by atoms with E-state index in [9.17, 15) is 24.9 Å². The summed E-state index contributed by atoms with van der Waals surface area (Å²) in [7, 11) is 0. The number of carbonyl (C=O) groups excluding carboxylic acids is 2. The maximum atomic E-state index is 11.8. The quantitative estimate of drug-likeness (QED) is 0.620. The summed E-state index contributed by atoms with van der Waals surface area (Å²) in [6, 6.07) is 0. The first-order valence-corrected chi connectivity index (χ1v) is 7.21. The molecule has 100 valence electrons. The molecule has 6 nitrogen and oxygen atoms in total. The lowest BCUT2D eigenvalue weighted by Gasteiger charge is -2.50. The predicted octanol–water partition coefficient (Wildman–Crippen LogP) is -1.31. The largest absolute Gasteiger partial charge is 0.543 e. The van der Waals surface area contributed by atoms with Crippen molar-refractivity contribution in [1.29, 1.82) is 0 Å². The number of carboxylic acid groups (broad SMARTS) is 1. The van der Waals surface area contributed by atoms with Crippen molar-refractivity contribution in [3.8, 4) is 0 Å². The lowest BCUT2D eigenvalue weighted by Crippen LogP contribution is -2.75. The third-order valence-corrected chi connectivity index (χ3v) is 5.52. The van der Waals surface area contributed by atoms with Gasteiger partial charge in [0.15, 0.2) is 5.60 Å². The Balaban J connectivity index is 2.35. The van der Waals surface area contributed by atoms with Gasteiger partial charge in [0.05, 0.1) is 22.0 Å². The first-order chi connectivity index (χ1) is 8.35. The molecule has 0 unspecified atom stereocenters. The summed E-state index contributed by atoms with van der Waals surface area (Å²) < 4.78 is 0.437. The number of rotatable bonds is 4. The van der Waals surface area contributed by atoms with Crippen molar-refractivity contribution in [3.05, 3.63) is 9.93 Å². The van der Waals surface area contributed by atoms with Crippen LogP contribution in [-0.4, -0.2) is 49.8 Å². The van der Waals surface area contributed by atoms with Crippen molar-refractivity contribution in [3.63, 3.8) is 0 Å². The zero-order valence-corrected chi connectivity index (χ0v) is 11.4. The van der Waals surface area contributed by atoms with Crippen LogP contribution in [0, 0.1) is 0 Å². The zero-order valence-electron chi connectivity index (χ0n) is 9.74. The number of fused-ring (bicyclic) bond motifs is 1. The van der Waals surface area contributed by atoms with Crippen molar-refractivity contribution in [2.24, 2.45) is 0 Å². The van der Waals surface area contributed by atoms with Crippen LogP contribution in [0.4, 0.5) is 0 Å². The van der Waals surface area contributed by atoms with Gasteiger partial charge < -0.3 is 20.1 Å². The van der Waals surface area contributed by atoms with Crippen LogP contribution in [0.25, 0.3) is 0 Å². The van der Waals surface area contributed by atoms with E-state index < -0.39 is 29.0 Å². The number of carbonyl (C=O) groups is 2. The Kier molecular flexibility index (Phi) is 3.39. The molecule has 1 saturated heterocycles. The molecule has 0 spiro atoms. The highest BCUT2D eigenvalue weighted by molar-refractivity contribution is 8.22. The van der Waals surface area contributed by atoms with Crippen molar-refractivity contribution >= 4 is 35.4 Å². The average molecular weight is 290 g/mol. The predicted molar refractivity (Wildman–Crippen MR) is 65.0 cm³/mol. The molecule has 2 N–H and O–H groups in total. The lowest BCUT2D eigenvalue weighted by molar-refractivity contribution is -0.302. The average Bonchev–Trinajstić information content (AvgIpc) is 2.65. The van der Waals surface area contributed by atoms with Crippen molar-refractivity contribution in [2.45, 2.75) is 30.9 Å². The van der Waals surface area contributed by atoms with Crippen LogP contribution in [0.2, 0.25) is 0 Å². The number of aliphatic hydroxyl groups is 2. The minimum absolute atomic E-state index is 0.202. The van der Waals surface area contributed by atoms with Gasteiger partial charge in [0.2, 0.25) is 0 Å². The Labute approximate surface area is 112 Å². The van der Waals surface area contributed by atoms with Gasteiger partial charge in [0, 0.05) is 0 Å². The first-order valence-electron chi connectivity index (χ1n) is 5.34. The Morgan fingerprint density at radius 1 is 1.72 bits per heavy atom. The third-order valence-electron chi connectivity index (χ3n) is 2.93. The molecule has 0 aromatic rings. The van der Waals surface area contributed by atoms with Gasteiger partial charge >= 0.3 is 0 Å². The highest BCUT2D eigenvalue weighted by Gasteiger charge is 2.67. The van der Waals surface area contributed by atoms with Crippen molar-refractivity contribution in [1.82, 2.24) is 4.90 Å². The highest BCUT2D eigenvalue weighted by atomic mass is 32.2. The SMILES string of the molecule is CCSC1=C(C(=O)[O-])N2C(=O)[C@](O)([C@@H](C)O)[C@H]2S1. The minimum Gasteiger partial charge on any atom is -0.543 e. The van der Waals surface area contributed by atoms with E-state index >= 15 is 0 Å². The molecule has 3 atom stereocenters. The molecule has 0 aliphatic carbocycles. The molecule has 0 aromatic heterocycles. The smallest absolute Gasteiger partial charge is 0.266 e. The van der Waals surface area contributed by atoms with Gasteiger partial charge in [-0.1, -0.05) is 18.7 Å². The van der Waals surface area contributed by atoms with Crippen LogP contribution in [-0.2, 0) is 9.59 Å². The number of hydrogen-bond donors (Lipinski definition) is 2. The monoisotopic (exact) mass is 290 g/mol. The van der Waals surface area contributed by atoms with Gasteiger partial charge in [0.1, 0.15) is 5.37 Å². The molecule has 18 heavy (non-hydrogen) atoms. The molecule has 1 fully saturated rings. The van der Waals surface area contributed by atoms with E-state index in [4.69, 9.17) is 0 Å². The van der Waals surface area contributed by atoms with Crippen LogP contribution in [0.1, 0.15) is 13.8 Å². The summed E-state index contributed by atoms with van der Waals surface area (Å²) in [4.78, 5) is 23.9. The van der Waals surface area contributed by atoms with E-state index in [-0.39, 0.29) is 5.70 Å². The third kappa shape index (κ3) is 1.59. The Morgan fingerprint density at radius 2 is 2.33 bits per heavy atom. The Hall–Kier alpha value is -0.700. The number of thioether (sulfide) groups is 2. The fraction of sp³-hybridized carbons (Fsp3) is 0.600. The van der Waals surface area contributed by atoms with Crippen molar-refractivity contribution < 1.29 is 24.9 Å². The van der Waals surface area contributed by atoms with E-state index in [0.29, 0.717) is 9.99 Å². The number of hydrogen-bond acceptors (Lipinski definition) is 7. The minimum atomic E-state index is -1.92. The molecule has 2 rings (SSSR count). The van der Waals surface area contributed by atoms with E-state index in [1.807, 2.05) is 6.92 Å². The molecule has 1 amide bonds. The van der Waals surface area contributed by atoms with Gasteiger partial charge in [-0.15, -0.1) is 11.8 Å². The van der Waals surface area contributed by atoms with Gasteiger partial charge in [-0.3, -0.25) is 9.69 Å². The van der Waals surface area contributed by atoms with Gasteiger partial charge in [-0.2, -0.15) is 0 Å². The summed E-state index contributed by atoms with van der Waals surface area (Å²) in [5.41, 5.74) is -2.12. The second-order valence-corrected chi connectivity index (χ2v) is 6.63. The summed E-state index contributed by atoms with van der Waals surface area (Å²) >= 11 is 2.35. The molecule has 0 bridgehead atoms. The molecular formula is C10H12NO5S2-. The Morgan fingerprint density at radius 3 is 2.78 bits per heavy atom. The lowest BCUT2D eigenvalue weighted by atomic mass is 9.86. The van der Waals surface area contributed by atoms with Crippen LogP contribution < -0.4 is 5.11 Å². The summed E-state index contributed by atoms with van der Waals surface area (Å²) in [5, 5.41) is 29.9. The molecule has 2 aliphatic rings. The van der Waals surface area contributed by atoms with Crippen LogP contribution in [0.5, 0.6) is 0 Å². The molecule has 0 aromatic carbocycles. The first kappa shape index (κ1) is 13.7. The van der Waals surface area contributed by atoms with Crippen LogP contribution >= 0.6 is 23.5 Å². The molecule has 2 heterocycles. The number of aliphatic carboxylic acids is 1. The van der Waals surface area contributed by atoms with Crippen LogP contribution in [0.15, 0.2) is 9.93 Å². The Bertz CT molecular complexity index is 450. The van der Waals surface area contributed by atoms with Gasteiger partial charge in [-0.05, 0) is 12.7 Å². The molecule has 2 aliphatic heterocycles. The van der Waals surface area contributed by atoms with E-state index in [2.05, 4.69) is 0 Å². The second kappa shape index (κ2) is 4.44. The molecular weight excluding hydrogens is 278 g/mol. The van der Waals surface area contributed by atoms with E-state index in [0.717, 1.165) is 16.7 Å². The van der Waals surface area contributed by atoms with Crippen molar-refractivity contribution in [2.75, 3.05) is 5.75 Å². The number of β-lactam (4-membered cyclic amide) rings is 1. The second-order valence-electron chi connectivity index (χ2n) is 4.00. The molecule has 0 saturated carbocycles. The normalized spacial score (nSPS) is 32.3. The number of carboxylic acids is 1. The van der Waals surface area contributed by atoms with Gasteiger partial charge in [0.25, 0.3) is 5.91 Å². The molecule has 0 radical (unpaired) electrons. The van der Waals surface area contributed by atoms with Crippen LogP contribution in [0.3, 0.4) is 0 Å². The zero-order chi connectivity index (χ0) is 13.7. The van der Waals surface area contributed by atoms with E-state index in [1.54, 1.807) is 0 Å². The van der Waals surface area contributed by atoms with E-state index in [1.165, 1.54) is 18.7 Å². The highest BCUT2D eigenvalue weighted by Crippen LogP contribution is 2.55. The fourth-order valence-corrected chi connectivity index (χ4v) is 4.71. The topological polar surface area (TPSA) is 101 Å².